The maximum absolute atomic E-state index is 12.6. The molecule has 1 N–H and O–H groups in total. The molecule has 0 amide bonds. The van der Waals surface area contributed by atoms with Crippen molar-refractivity contribution in [2.45, 2.75) is 44.3 Å². The second-order valence-corrected chi connectivity index (χ2v) is 4.82. The molecule has 0 saturated heterocycles. The van der Waals surface area contributed by atoms with Gasteiger partial charge in [-0.15, -0.1) is 0 Å². The number of pyridine rings is 1. The van der Waals surface area contributed by atoms with Gasteiger partial charge in [0.15, 0.2) is 0 Å². The number of anilines is 1. The minimum absolute atomic E-state index is 0.0223. The van der Waals surface area contributed by atoms with Gasteiger partial charge in [0.1, 0.15) is 17.6 Å². The summed E-state index contributed by atoms with van der Waals surface area (Å²) in [6, 6.07) is 0.693. The Bertz CT molecular complexity index is 499. The van der Waals surface area contributed by atoms with Crippen molar-refractivity contribution < 1.29 is 18.1 Å². The maximum atomic E-state index is 12.6. The molecule has 5 nitrogen and oxygen atoms in total. The highest BCUT2D eigenvalue weighted by molar-refractivity contribution is 5.61. The van der Waals surface area contributed by atoms with Crippen molar-refractivity contribution in [1.82, 2.24) is 4.98 Å². The first kappa shape index (κ1) is 14.5. The number of rotatable bonds is 3. The van der Waals surface area contributed by atoms with Crippen molar-refractivity contribution in [2.75, 3.05) is 5.32 Å². The Morgan fingerprint density at radius 2 is 1.95 bits per heavy atom. The summed E-state index contributed by atoms with van der Waals surface area (Å²) in [5, 5.41) is 13.7. The molecule has 1 heterocycles. The summed E-state index contributed by atoms with van der Waals surface area (Å²) in [5.41, 5.74) is -1.66. The minimum atomic E-state index is -4.61. The van der Waals surface area contributed by atoms with Crippen molar-refractivity contribution in [3.8, 4) is 0 Å². The molecule has 1 aromatic heterocycles. The molecular weight excluding hydrogens is 275 g/mol. The van der Waals surface area contributed by atoms with Gasteiger partial charge in [0.05, 0.1) is 4.92 Å². The van der Waals surface area contributed by atoms with Gasteiger partial charge in [-0.3, -0.25) is 10.1 Å². The number of aromatic nitrogens is 1. The molecule has 0 aliphatic heterocycles. The van der Waals surface area contributed by atoms with Gasteiger partial charge in [-0.05, 0) is 18.9 Å². The first-order chi connectivity index (χ1) is 9.38. The van der Waals surface area contributed by atoms with E-state index in [-0.39, 0.29) is 11.7 Å². The number of nitrogens with zero attached hydrogens (tertiary/aromatic N) is 2. The molecule has 110 valence electrons. The van der Waals surface area contributed by atoms with Gasteiger partial charge >= 0.3 is 11.9 Å². The molecule has 0 atom stereocenters. The fourth-order valence-corrected chi connectivity index (χ4v) is 2.33. The van der Waals surface area contributed by atoms with Crippen LogP contribution in [0.2, 0.25) is 0 Å². The van der Waals surface area contributed by atoms with Crippen LogP contribution in [0.15, 0.2) is 12.3 Å². The van der Waals surface area contributed by atoms with Crippen LogP contribution in [0.1, 0.15) is 37.8 Å². The van der Waals surface area contributed by atoms with Crippen LogP contribution in [0.5, 0.6) is 0 Å². The molecule has 1 aromatic rings. The lowest BCUT2D eigenvalue weighted by Crippen LogP contribution is -2.23. The Balaban J connectivity index is 2.29. The molecule has 8 heteroatoms. The third-order valence-corrected chi connectivity index (χ3v) is 3.33. The third-order valence-electron chi connectivity index (χ3n) is 3.33. The average molecular weight is 289 g/mol. The average Bonchev–Trinajstić information content (AvgIpc) is 2.38. The molecule has 0 bridgehead atoms. The van der Waals surface area contributed by atoms with E-state index in [1.54, 1.807) is 0 Å². The summed E-state index contributed by atoms with van der Waals surface area (Å²) in [4.78, 5) is 13.3. The number of nitrogens with one attached hydrogen (secondary N) is 1. The van der Waals surface area contributed by atoms with Gasteiger partial charge in [0, 0.05) is 6.04 Å². The van der Waals surface area contributed by atoms with Gasteiger partial charge in [0.2, 0.25) is 0 Å². The van der Waals surface area contributed by atoms with Gasteiger partial charge in [-0.25, -0.2) is 4.98 Å². The first-order valence-electron chi connectivity index (χ1n) is 6.36. The SMILES string of the molecule is O=[N+]([O-])c1cnc(C(F)(F)F)cc1NC1CCCCC1. The maximum Gasteiger partial charge on any atom is 0.433 e. The zero-order valence-corrected chi connectivity index (χ0v) is 10.6. The number of nitro groups is 1. The molecule has 20 heavy (non-hydrogen) atoms. The summed E-state index contributed by atoms with van der Waals surface area (Å²) in [6.07, 6.45) is 0.698. The Morgan fingerprint density at radius 1 is 1.30 bits per heavy atom. The normalized spacial score (nSPS) is 16.9. The van der Waals surface area contributed by atoms with E-state index in [1.807, 2.05) is 0 Å². The van der Waals surface area contributed by atoms with Crippen molar-refractivity contribution in [3.05, 3.63) is 28.1 Å². The van der Waals surface area contributed by atoms with Crippen LogP contribution in [0.4, 0.5) is 24.5 Å². The lowest BCUT2D eigenvalue weighted by molar-refractivity contribution is -0.384. The first-order valence-corrected chi connectivity index (χ1v) is 6.36. The predicted octanol–water partition coefficient (Wildman–Crippen LogP) is 3.75. The van der Waals surface area contributed by atoms with Crippen LogP contribution >= 0.6 is 0 Å². The summed E-state index contributed by atoms with van der Waals surface area (Å²) >= 11 is 0. The molecule has 0 radical (unpaired) electrons. The molecule has 0 aromatic carbocycles. The largest absolute Gasteiger partial charge is 0.433 e. The van der Waals surface area contributed by atoms with Gasteiger partial charge in [-0.2, -0.15) is 13.2 Å². The monoisotopic (exact) mass is 289 g/mol. The smallest absolute Gasteiger partial charge is 0.377 e. The highest BCUT2D eigenvalue weighted by Gasteiger charge is 2.34. The number of alkyl halides is 3. The lowest BCUT2D eigenvalue weighted by atomic mass is 9.95. The van der Waals surface area contributed by atoms with Gasteiger partial charge < -0.3 is 5.32 Å². The fraction of sp³-hybridized carbons (Fsp3) is 0.583. The fourth-order valence-electron chi connectivity index (χ4n) is 2.33. The van der Waals surface area contributed by atoms with Crippen molar-refractivity contribution in [2.24, 2.45) is 0 Å². The number of halogens is 3. The lowest BCUT2D eigenvalue weighted by Gasteiger charge is -2.23. The molecule has 1 aliphatic rings. The Hall–Kier alpha value is -1.86. The predicted molar refractivity (Wildman–Crippen MR) is 66.4 cm³/mol. The number of hydrogen-bond donors (Lipinski definition) is 1. The van der Waals surface area contributed by atoms with E-state index in [9.17, 15) is 23.3 Å². The molecule has 0 unspecified atom stereocenters. The third kappa shape index (κ3) is 3.37. The quantitative estimate of drug-likeness (QED) is 0.679. The number of hydrogen-bond acceptors (Lipinski definition) is 4. The van der Waals surface area contributed by atoms with E-state index in [0.29, 0.717) is 12.3 Å². The molecule has 1 fully saturated rings. The summed E-state index contributed by atoms with van der Waals surface area (Å²) in [6.45, 7) is 0. The molecule has 2 rings (SSSR count). The van der Waals surface area contributed by atoms with Crippen LogP contribution in [-0.4, -0.2) is 15.9 Å². The van der Waals surface area contributed by atoms with Crippen LogP contribution < -0.4 is 5.32 Å². The zero-order chi connectivity index (χ0) is 14.8. The van der Waals surface area contributed by atoms with Crippen molar-refractivity contribution >= 4 is 11.4 Å². The standard InChI is InChI=1S/C12H14F3N3O2/c13-12(14,15)11-6-9(10(7-16-11)18(19)20)17-8-4-2-1-3-5-8/h6-8H,1-5H2,(H,16,17). The minimum Gasteiger partial charge on any atom is -0.377 e. The highest BCUT2D eigenvalue weighted by Crippen LogP contribution is 2.34. The topological polar surface area (TPSA) is 68.1 Å². The van der Waals surface area contributed by atoms with Crippen LogP contribution in [0.25, 0.3) is 0 Å². The second kappa shape index (κ2) is 5.64. The molecular formula is C12H14F3N3O2. The van der Waals surface area contributed by atoms with E-state index >= 15 is 0 Å². The molecule has 0 spiro atoms. The van der Waals surface area contributed by atoms with E-state index in [0.717, 1.165) is 32.1 Å². The van der Waals surface area contributed by atoms with E-state index in [1.165, 1.54) is 0 Å². The highest BCUT2D eigenvalue weighted by atomic mass is 19.4. The van der Waals surface area contributed by atoms with Crippen LogP contribution in [0, 0.1) is 10.1 Å². The summed E-state index contributed by atoms with van der Waals surface area (Å²) in [7, 11) is 0. The van der Waals surface area contributed by atoms with Crippen molar-refractivity contribution in [3.63, 3.8) is 0 Å². The Kier molecular flexibility index (Phi) is 4.10. The van der Waals surface area contributed by atoms with E-state index in [4.69, 9.17) is 0 Å². The van der Waals surface area contributed by atoms with Crippen LogP contribution in [-0.2, 0) is 6.18 Å². The van der Waals surface area contributed by atoms with Crippen LogP contribution in [0.3, 0.4) is 0 Å². The summed E-state index contributed by atoms with van der Waals surface area (Å²) < 4.78 is 37.9. The van der Waals surface area contributed by atoms with Gasteiger partial charge in [-0.1, -0.05) is 19.3 Å². The van der Waals surface area contributed by atoms with Crippen molar-refractivity contribution in [1.29, 1.82) is 0 Å². The van der Waals surface area contributed by atoms with E-state index < -0.39 is 22.5 Å². The molecule has 1 aliphatic carbocycles. The zero-order valence-electron chi connectivity index (χ0n) is 10.6. The second-order valence-electron chi connectivity index (χ2n) is 4.82. The van der Waals surface area contributed by atoms with Gasteiger partial charge in [0.25, 0.3) is 0 Å². The molecule has 1 saturated carbocycles. The van der Waals surface area contributed by atoms with E-state index in [2.05, 4.69) is 10.3 Å². The summed E-state index contributed by atoms with van der Waals surface area (Å²) in [5.74, 6) is 0. The Morgan fingerprint density at radius 3 is 2.50 bits per heavy atom. The Labute approximate surface area is 113 Å².